The summed E-state index contributed by atoms with van der Waals surface area (Å²) in [6.45, 7) is 5.13. The fourth-order valence-electron chi connectivity index (χ4n) is 2.52. The highest BCUT2D eigenvalue weighted by Crippen LogP contribution is 2.29. The lowest BCUT2D eigenvalue weighted by Gasteiger charge is -2.15. The second-order valence-corrected chi connectivity index (χ2v) is 6.05. The van der Waals surface area contributed by atoms with Gasteiger partial charge >= 0.3 is 5.97 Å². The van der Waals surface area contributed by atoms with Gasteiger partial charge in [0.25, 0.3) is 11.6 Å². The second-order valence-electron chi connectivity index (χ2n) is 6.05. The molecule has 1 atom stereocenters. The molecule has 0 aliphatic rings. The van der Waals surface area contributed by atoms with Crippen molar-refractivity contribution in [2.75, 3.05) is 12.4 Å². The molecule has 0 aliphatic carbocycles. The predicted octanol–water partition coefficient (Wildman–Crippen LogP) is 3.40. The Hall–Kier alpha value is -3.42. The highest BCUT2D eigenvalue weighted by molar-refractivity contribution is 5.98. The molecule has 1 amide bonds. The number of methoxy groups -OCH3 is 1. The fraction of sp³-hybridized carbons (Fsp3) is 0.263. The Labute approximate surface area is 156 Å². The Balaban J connectivity index is 2.12. The van der Waals surface area contributed by atoms with Gasteiger partial charge in [-0.15, -0.1) is 0 Å². The molecule has 0 saturated carbocycles. The summed E-state index contributed by atoms with van der Waals surface area (Å²) in [6, 6.07) is 9.07. The first-order valence-corrected chi connectivity index (χ1v) is 8.14. The maximum absolute atomic E-state index is 12.3. The predicted molar refractivity (Wildman–Crippen MR) is 99.1 cm³/mol. The highest BCUT2D eigenvalue weighted by atomic mass is 16.6. The van der Waals surface area contributed by atoms with Gasteiger partial charge in [-0.1, -0.05) is 17.2 Å². The molecule has 0 spiro atoms. The van der Waals surface area contributed by atoms with E-state index < -0.39 is 22.9 Å². The zero-order chi connectivity index (χ0) is 20.1. The smallest absolute Gasteiger partial charge is 0.338 e. The molecule has 2 aromatic carbocycles. The molecule has 27 heavy (non-hydrogen) atoms. The molecule has 0 aliphatic heterocycles. The maximum Gasteiger partial charge on any atom is 0.338 e. The van der Waals surface area contributed by atoms with E-state index in [9.17, 15) is 19.7 Å². The van der Waals surface area contributed by atoms with Crippen molar-refractivity contribution in [3.8, 4) is 5.75 Å². The van der Waals surface area contributed by atoms with Gasteiger partial charge in [-0.2, -0.15) is 0 Å². The maximum atomic E-state index is 12.3. The van der Waals surface area contributed by atoms with E-state index in [2.05, 4.69) is 5.32 Å². The van der Waals surface area contributed by atoms with Gasteiger partial charge in [0, 0.05) is 12.1 Å². The summed E-state index contributed by atoms with van der Waals surface area (Å²) < 4.78 is 10.3. The first kappa shape index (κ1) is 19.9. The molecule has 8 nitrogen and oxygen atoms in total. The number of nitrogens with zero attached hydrogens (tertiary/aromatic N) is 1. The van der Waals surface area contributed by atoms with E-state index in [1.807, 2.05) is 19.9 Å². The third-order valence-electron chi connectivity index (χ3n) is 3.76. The van der Waals surface area contributed by atoms with Gasteiger partial charge < -0.3 is 14.8 Å². The number of carbonyl (C=O) groups excluding carboxylic acids is 2. The lowest BCUT2D eigenvalue weighted by atomic mass is 10.1. The van der Waals surface area contributed by atoms with Crippen LogP contribution in [0.25, 0.3) is 0 Å². The van der Waals surface area contributed by atoms with Crippen LogP contribution in [0.15, 0.2) is 36.4 Å². The summed E-state index contributed by atoms with van der Waals surface area (Å²) in [5.41, 5.74) is 2.07. The molecular weight excluding hydrogens is 352 g/mol. The average molecular weight is 372 g/mol. The number of non-ortho nitro benzene ring substituents is 1. The van der Waals surface area contributed by atoms with E-state index in [1.165, 1.54) is 32.2 Å². The van der Waals surface area contributed by atoms with Crippen LogP contribution in [0.4, 0.5) is 11.4 Å². The van der Waals surface area contributed by atoms with Crippen molar-refractivity contribution in [1.29, 1.82) is 0 Å². The zero-order valence-corrected chi connectivity index (χ0v) is 15.4. The summed E-state index contributed by atoms with van der Waals surface area (Å²) in [5, 5.41) is 13.4. The van der Waals surface area contributed by atoms with Gasteiger partial charge in [0.1, 0.15) is 5.75 Å². The van der Waals surface area contributed by atoms with Gasteiger partial charge in [0.15, 0.2) is 6.10 Å². The normalized spacial score (nSPS) is 11.4. The van der Waals surface area contributed by atoms with Crippen molar-refractivity contribution in [1.82, 2.24) is 0 Å². The molecule has 0 aromatic heterocycles. The van der Waals surface area contributed by atoms with Gasteiger partial charge in [0.2, 0.25) is 0 Å². The fourth-order valence-corrected chi connectivity index (χ4v) is 2.52. The lowest BCUT2D eigenvalue weighted by molar-refractivity contribution is -0.384. The monoisotopic (exact) mass is 372 g/mol. The number of amides is 1. The van der Waals surface area contributed by atoms with E-state index in [0.717, 1.165) is 11.1 Å². The van der Waals surface area contributed by atoms with Crippen molar-refractivity contribution >= 4 is 23.3 Å². The third kappa shape index (κ3) is 5.04. The first-order valence-electron chi connectivity index (χ1n) is 8.14. The molecule has 0 fully saturated rings. The van der Waals surface area contributed by atoms with E-state index in [1.54, 1.807) is 12.1 Å². The van der Waals surface area contributed by atoms with Crippen molar-refractivity contribution in [3.05, 3.63) is 63.2 Å². The summed E-state index contributed by atoms with van der Waals surface area (Å²) in [4.78, 5) is 34.9. The Morgan fingerprint density at radius 2 is 1.74 bits per heavy atom. The SMILES string of the molecule is COc1ccc([N+](=O)[O-])cc1NC(=O)C(C)OC(=O)c1cc(C)cc(C)c1. The van der Waals surface area contributed by atoms with Gasteiger partial charge in [0.05, 0.1) is 23.3 Å². The van der Waals surface area contributed by atoms with Gasteiger partial charge in [-0.3, -0.25) is 14.9 Å². The molecule has 0 bridgehead atoms. The van der Waals surface area contributed by atoms with Crippen LogP contribution < -0.4 is 10.1 Å². The summed E-state index contributed by atoms with van der Waals surface area (Å²) in [6.07, 6.45) is -1.11. The van der Waals surface area contributed by atoms with Crippen LogP contribution in [0.5, 0.6) is 5.75 Å². The number of benzene rings is 2. The molecule has 1 unspecified atom stereocenters. The van der Waals surface area contributed by atoms with Crippen LogP contribution in [0, 0.1) is 24.0 Å². The Morgan fingerprint density at radius 3 is 2.30 bits per heavy atom. The Morgan fingerprint density at radius 1 is 1.11 bits per heavy atom. The van der Waals surface area contributed by atoms with E-state index in [0.29, 0.717) is 5.56 Å². The largest absolute Gasteiger partial charge is 0.495 e. The molecule has 8 heteroatoms. The van der Waals surface area contributed by atoms with Crippen LogP contribution in [0.2, 0.25) is 0 Å². The van der Waals surface area contributed by atoms with Crippen LogP contribution in [0.3, 0.4) is 0 Å². The van der Waals surface area contributed by atoms with Crippen molar-refractivity contribution in [3.63, 3.8) is 0 Å². The molecule has 142 valence electrons. The minimum Gasteiger partial charge on any atom is -0.495 e. The topological polar surface area (TPSA) is 108 Å². The van der Waals surface area contributed by atoms with E-state index in [-0.39, 0.29) is 17.1 Å². The number of nitro groups is 1. The quantitative estimate of drug-likeness (QED) is 0.473. The van der Waals surface area contributed by atoms with Crippen LogP contribution in [0.1, 0.15) is 28.4 Å². The van der Waals surface area contributed by atoms with E-state index in [4.69, 9.17) is 9.47 Å². The standard InChI is InChI=1S/C19H20N2O6/c1-11-7-12(2)9-14(8-11)19(23)27-13(3)18(22)20-16-10-15(21(24)25)5-6-17(16)26-4/h5-10,13H,1-4H3,(H,20,22). The van der Waals surface area contributed by atoms with Crippen molar-refractivity contribution < 1.29 is 24.0 Å². The number of hydrogen-bond donors (Lipinski definition) is 1. The van der Waals surface area contributed by atoms with Crippen LogP contribution in [-0.2, 0) is 9.53 Å². The number of anilines is 1. The average Bonchev–Trinajstić information content (AvgIpc) is 2.60. The first-order chi connectivity index (χ1) is 12.7. The number of aryl methyl sites for hydroxylation is 2. The van der Waals surface area contributed by atoms with Gasteiger partial charge in [-0.25, -0.2) is 4.79 Å². The molecular formula is C19H20N2O6. The number of rotatable bonds is 6. The summed E-state index contributed by atoms with van der Waals surface area (Å²) >= 11 is 0. The number of nitrogens with one attached hydrogen (secondary N) is 1. The second kappa shape index (κ2) is 8.31. The highest BCUT2D eigenvalue weighted by Gasteiger charge is 2.21. The molecule has 2 rings (SSSR count). The number of ether oxygens (including phenoxy) is 2. The van der Waals surface area contributed by atoms with Crippen LogP contribution in [-0.4, -0.2) is 30.0 Å². The molecule has 2 aromatic rings. The van der Waals surface area contributed by atoms with Crippen molar-refractivity contribution in [2.24, 2.45) is 0 Å². The number of hydrogen-bond acceptors (Lipinski definition) is 6. The third-order valence-corrected chi connectivity index (χ3v) is 3.76. The summed E-state index contributed by atoms with van der Waals surface area (Å²) in [5.74, 6) is -1.01. The molecule has 0 radical (unpaired) electrons. The Bertz CT molecular complexity index is 874. The lowest BCUT2D eigenvalue weighted by Crippen LogP contribution is -2.30. The Kier molecular flexibility index (Phi) is 6.12. The minimum atomic E-state index is -1.11. The van der Waals surface area contributed by atoms with E-state index >= 15 is 0 Å². The number of esters is 1. The number of carbonyl (C=O) groups is 2. The molecule has 0 heterocycles. The van der Waals surface area contributed by atoms with Crippen LogP contribution >= 0.6 is 0 Å². The van der Waals surface area contributed by atoms with Crippen molar-refractivity contribution in [2.45, 2.75) is 26.9 Å². The van der Waals surface area contributed by atoms with Gasteiger partial charge in [-0.05, 0) is 39.0 Å². The minimum absolute atomic E-state index is 0.117. The molecule has 1 N–H and O–H groups in total. The molecule has 0 saturated heterocycles. The number of nitro benzene ring substituents is 1. The zero-order valence-electron chi connectivity index (χ0n) is 15.4. The summed E-state index contributed by atoms with van der Waals surface area (Å²) in [7, 11) is 1.38.